The molecule has 1 saturated carbocycles. The van der Waals surface area contributed by atoms with Crippen molar-refractivity contribution in [3.8, 4) is 0 Å². The van der Waals surface area contributed by atoms with Gasteiger partial charge < -0.3 is 10.0 Å². The third kappa shape index (κ3) is 4.67. The Labute approximate surface area is 111 Å². The molecule has 0 aromatic rings. The highest BCUT2D eigenvalue weighted by atomic mass is 19.4. The molecule has 0 saturated heterocycles. The molecule has 0 heterocycles. The van der Waals surface area contributed by atoms with Gasteiger partial charge in [0.05, 0.1) is 11.5 Å². The van der Waals surface area contributed by atoms with Crippen molar-refractivity contribution in [1.29, 1.82) is 0 Å². The van der Waals surface area contributed by atoms with Crippen molar-refractivity contribution in [3.05, 3.63) is 0 Å². The second kappa shape index (κ2) is 5.69. The first-order valence-corrected chi connectivity index (χ1v) is 6.56. The minimum atomic E-state index is -4.32. The highest BCUT2D eigenvalue weighted by Gasteiger charge is 2.48. The number of hydrogen-bond donors (Lipinski definition) is 1. The Kier molecular flexibility index (Phi) is 4.87. The van der Waals surface area contributed by atoms with Crippen molar-refractivity contribution >= 4 is 5.91 Å². The molecule has 0 aromatic heterocycles. The summed E-state index contributed by atoms with van der Waals surface area (Å²) in [6.45, 7) is 3.09. The summed E-state index contributed by atoms with van der Waals surface area (Å²) in [6, 6.07) is 0. The molecule has 0 bridgehead atoms. The van der Waals surface area contributed by atoms with Crippen molar-refractivity contribution in [3.63, 3.8) is 0 Å². The lowest BCUT2D eigenvalue weighted by molar-refractivity contribution is -0.201. The molecule has 0 aromatic carbocycles. The van der Waals surface area contributed by atoms with Crippen LogP contribution in [0.1, 0.15) is 39.5 Å². The number of hydrogen-bond acceptors (Lipinski definition) is 2. The lowest BCUT2D eigenvalue weighted by atomic mass is 9.78. The van der Waals surface area contributed by atoms with E-state index in [1.165, 1.54) is 25.8 Å². The summed E-state index contributed by atoms with van der Waals surface area (Å²) in [6.07, 6.45) is -2.85. The van der Waals surface area contributed by atoms with Gasteiger partial charge in [-0.1, -0.05) is 12.8 Å². The zero-order chi connectivity index (χ0) is 14.8. The normalized spacial score (nSPS) is 25.2. The summed E-state index contributed by atoms with van der Waals surface area (Å²) in [5, 5.41) is 9.64. The van der Waals surface area contributed by atoms with Crippen LogP contribution in [0.5, 0.6) is 0 Å². The predicted molar refractivity (Wildman–Crippen MR) is 65.4 cm³/mol. The molecule has 0 radical (unpaired) electrons. The summed E-state index contributed by atoms with van der Waals surface area (Å²) in [4.78, 5) is 13.4. The molecule has 1 rings (SSSR count). The Hall–Kier alpha value is -0.780. The first-order chi connectivity index (χ1) is 8.52. The molecular formula is C13H22F3NO2. The molecule has 1 amide bonds. The third-order valence-electron chi connectivity index (χ3n) is 3.50. The van der Waals surface area contributed by atoms with Crippen molar-refractivity contribution in [2.75, 3.05) is 13.6 Å². The van der Waals surface area contributed by atoms with Gasteiger partial charge in [-0.3, -0.25) is 4.79 Å². The van der Waals surface area contributed by atoms with E-state index in [0.29, 0.717) is 12.8 Å². The van der Waals surface area contributed by atoms with E-state index < -0.39 is 29.5 Å². The predicted octanol–water partition coefficient (Wildman–Crippen LogP) is 2.58. The molecule has 3 nitrogen and oxygen atoms in total. The van der Waals surface area contributed by atoms with Crippen molar-refractivity contribution in [2.24, 2.45) is 11.8 Å². The molecule has 19 heavy (non-hydrogen) atoms. The highest BCUT2D eigenvalue weighted by molar-refractivity contribution is 5.79. The summed E-state index contributed by atoms with van der Waals surface area (Å²) in [5.41, 5.74) is -1.10. The number of amides is 1. The van der Waals surface area contributed by atoms with Crippen LogP contribution in [0.4, 0.5) is 13.2 Å². The van der Waals surface area contributed by atoms with E-state index in [4.69, 9.17) is 0 Å². The van der Waals surface area contributed by atoms with Gasteiger partial charge in [-0.15, -0.1) is 0 Å². The van der Waals surface area contributed by atoms with E-state index in [1.807, 2.05) is 0 Å². The number of rotatable bonds is 3. The molecule has 1 fully saturated rings. The monoisotopic (exact) mass is 281 g/mol. The smallest absolute Gasteiger partial charge is 0.389 e. The number of carbonyl (C=O) groups is 1. The van der Waals surface area contributed by atoms with E-state index in [0.717, 1.165) is 0 Å². The standard InChI is InChI=1S/C13H22F3NO2/c1-12(2,19)8-17(3)11(18)9-6-4-5-7-10(9)13(14,15)16/h9-10,19H,4-8H2,1-3H3. The first-order valence-electron chi connectivity index (χ1n) is 6.56. The van der Waals surface area contributed by atoms with Gasteiger partial charge in [0.1, 0.15) is 0 Å². The van der Waals surface area contributed by atoms with Gasteiger partial charge in [0.2, 0.25) is 5.91 Å². The van der Waals surface area contributed by atoms with Crippen LogP contribution in [0, 0.1) is 11.8 Å². The second-order valence-corrected chi connectivity index (χ2v) is 6.05. The molecule has 6 heteroatoms. The number of carbonyl (C=O) groups excluding carboxylic acids is 1. The molecule has 0 spiro atoms. The summed E-state index contributed by atoms with van der Waals surface area (Å²) < 4.78 is 38.8. The van der Waals surface area contributed by atoms with Crippen molar-refractivity contribution < 1.29 is 23.1 Å². The average Bonchev–Trinajstić information content (AvgIpc) is 2.24. The second-order valence-electron chi connectivity index (χ2n) is 6.05. The molecule has 1 aliphatic carbocycles. The fourth-order valence-corrected chi connectivity index (χ4v) is 2.76. The van der Waals surface area contributed by atoms with Crippen LogP contribution in [0.25, 0.3) is 0 Å². The Bertz CT molecular complexity index is 323. The fraction of sp³-hybridized carbons (Fsp3) is 0.923. The zero-order valence-electron chi connectivity index (χ0n) is 11.6. The molecule has 1 aliphatic rings. The molecule has 2 atom stereocenters. The minimum Gasteiger partial charge on any atom is -0.389 e. The number of alkyl halides is 3. The molecule has 0 aliphatic heterocycles. The molecule has 2 unspecified atom stereocenters. The fourth-order valence-electron chi connectivity index (χ4n) is 2.76. The van der Waals surface area contributed by atoms with Crippen molar-refractivity contribution in [1.82, 2.24) is 4.90 Å². The van der Waals surface area contributed by atoms with E-state index in [-0.39, 0.29) is 19.4 Å². The van der Waals surface area contributed by atoms with Gasteiger partial charge in [-0.2, -0.15) is 13.2 Å². The van der Waals surface area contributed by atoms with E-state index in [1.54, 1.807) is 0 Å². The zero-order valence-corrected chi connectivity index (χ0v) is 11.6. The van der Waals surface area contributed by atoms with Crippen molar-refractivity contribution in [2.45, 2.75) is 51.3 Å². The van der Waals surface area contributed by atoms with Gasteiger partial charge in [0, 0.05) is 19.5 Å². The van der Waals surface area contributed by atoms with Crippen LogP contribution in [-0.4, -0.2) is 41.3 Å². The maximum atomic E-state index is 12.9. The van der Waals surface area contributed by atoms with Gasteiger partial charge in [0.15, 0.2) is 0 Å². The number of likely N-dealkylation sites (N-methyl/N-ethyl adjacent to an activating group) is 1. The Morgan fingerprint density at radius 1 is 1.26 bits per heavy atom. The number of nitrogens with zero attached hydrogens (tertiary/aromatic N) is 1. The highest BCUT2D eigenvalue weighted by Crippen LogP contribution is 2.42. The largest absolute Gasteiger partial charge is 0.392 e. The minimum absolute atomic E-state index is 0.0241. The van der Waals surface area contributed by atoms with Crippen LogP contribution in [0.2, 0.25) is 0 Å². The molecular weight excluding hydrogens is 259 g/mol. The quantitative estimate of drug-likeness (QED) is 0.863. The lowest BCUT2D eigenvalue weighted by Gasteiger charge is -2.35. The lowest BCUT2D eigenvalue weighted by Crippen LogP contribution is -2.47. The van der Waals surface area contributed by atoms with Gasteiger partial charge in [0.25, 0.3) is 0 Å². The van der Waals surface area contributed by atoms with Gasteiger partial charge >= 0.3 is 6.18 Å². The van der Waals surface area contributed by atoms with Gasteiger partial charge in [-0.05, 0) is 26.7 Å². The Morgan fingerprint density at radius 2 is 1.79 bits per heavy atom. The summed E-state index contributed by atoms with van der Waals surface area (Å²) in [5.74, 6) is -3.05. The summed E-state index contributed by atoms with van der Waals surface area (Å²) >= 11 is 0. The molecule has 112 valence electrons. The Morgan fingerprint density at radius 3 is 2.26 bits per heavy atom. The average molecular weight is 281 g/mol. The van der Waals surface area contributed by atoms with Crippen LogP contribution in [0.3, 0.4) is 0 Å². The topological polar surface area (TPSA) is 40.5 Å². The van der Waals surface area contributed by atoms with E-state index in [9.17, 15) is 23.1 Å². The van der Waals surface area contributed by atoms with E-state index in [2.05, 4.69) is 0 Å². The molecule has 1 N–H and O–H groups in total. The number of aliphatic hydroxyl groups is 1. The Balaban J connectivity index is 2.78. The third-order valence-corrected chi connectivity index (χ3v) is 3.50. The van der Waals surface area contributed by atoms with Crippen LogP contribution in [0.15, 0.2) is 0 Å². The summed E-state index contributed by atoms with van der Waals surface area (Å²) in [7, 11) is 1.45. The maximum absolute atomic E-state index is 12.9. The van der Waals surface area contributed by atoms with Crippen LogP contribution in [-0.2, 0) is 4.79 Å². The van der Waals surface area contributed by atoms with Gasteiger partial charge in [-0.25, -0.2) is 0 Å². The van der Waals surface area contributed by atoms with Crippen LogP contribution < -0.4 is 0 Å². The first kappa shape index (κ1) is 16.3. The SMILES string of the molecule is CN(CC(C)(C)O)C(=O)C1CCCCC1C(F)(F)F. The maximum Gasteiger partial charge on any atom is 0.392 e. The van der Waals surface area contributed by atoms with Crippen LogP contribution >= 0.6 is 0 Å². The number of halogens is 3. The van der Waals surface area contributed by atoms with E-state index >= 15 is 0 Å².